The molecule has 0 fully saturated rings. The van der Waals surface area contributed by atoms with Gasteiger partial charge in [-0.25, -0.2) is 12.8 Å². The number of nitrogen functional groups attached to an aromatic ring is 1. The van der Waals surface area contributed by atoms with E-state index in [4.69, 9.17) is 15.7 Å². The number of halogens is 1. The van der Waals surface area contributed by atoms with Crippen molar-refractivity contribution in [2.75, 3.05) is 32.5 Å². The monoisotopic (exact) mass is 301 g/mol. The van der Waals surface area contributed by atoms with E-state index in [2.05, 4.69) is 0 Å². The van der Waals surface area contributed by atoms with Crippen molar-refractivity contribution in [3.63, 3.8) is 0 Å². The molecule has 110 valence electrons. The first kappa shape index (κ1) is 16.4. The number of hydrogen-bond donors (Lipinski definition) is 1. The van der Waals surface area contributed by atoms with Gasteiger partial charge in [-0.2, -0.15) is 9.57 Å². The minimum atomic E-state index is -3.91. The van der Waals surface area contributed by atoms with Crippen LogP contribution in [0, 0.1) is 17.1 Å². The van der Waals surface area contributed by atoms with Crippen LogP contribution < -0.4 is 5.73 Å². The van der Waals surface area contributed by atoms with Crippen molar-refractivity contribution in [2.45, 2.75) is 11.3 Å². The molecule has 0 aliphatic rings. The summed E-state index contributed by atoms with van der Waals surface area (Å²) in [6.07, 6.45) is 0.0355. The Morgan fingerprint density at radius 1 is 1.40 bits per heavy atom. The molecule has 0 aromatic heterocycles. The van der Waals surface area contributed by atoms with E-state index in [0.717, 1.165) is 16.4 Å². The molecule has 0 aliphatic carbocycles. The third-order valence-corrected chi connectivity index (χ3v) is 4.43. The van der Waals surface area contributed by atoms with E-state index < -0.39 is 15.8 Å². The van der Waals surface area contributed by atoms with Gasteiger partial charge in [0.1, 0.15) is 5.82 Å². The number of sulfonamides is 1. The molecule has 0 bridgehead atoms. The maximum absolute atomic E-state index is 13.3. The second-order valence-corrected chi connectivity index (χ2v) is 5.96. The van der Waals surface area contributed by atoms with Crippen molar-refractivity contribution < 1.29 is 17.5 Å². The highest BCUT2D eigenvalue weighted by atomic mass is 32.2. The number of benzene rings is 1. The van der Waals surface area contributed by atoms with Crippen molar-refractivity contribution in [1.29, 1.82) is 5.26 Å². The maximum atomic E-state index is 13.3. The summed E-state index contributed by atoms with van der Waals surface area (Å²) in [5.41, 5.74) is 5.48. The zero-order valence-electron chi connectivity index (χ0n) is 11.0. The fourth-order valence-electron chi connectivity index (χ4n) is 1.60. The molecule has 0 saturated heterocycles. The van der Waals surface area contributed by atoms with Crippen molar-refractivity contribution in [3.8, 4) is 6.07 Å². The summed E-state index contributed by atoms with van der Waals surface area (Å²) in [7, 11) is -2.47. The quantitative estimate of drug-likeness (QED) is 0.757. The number of nitriles is 1. The lowest BCUT2D eigenvalue weighted by molar-refractivity contribution is 0.179. The minimum Gasteiger partial charge on any atom is -0.399 e. The maximum Gasteiger partial charge on any atom is 0.243 e. The Balaban J connectivity index is 3.11. The Hall–Kier alpha value is -1.69. The van der Waals surface area contributed by atoms with Crippen LogP contribution >= 0.6 is 0 Å². The van der Waals surface area contributed by atoms with Crippen LogP contribution in [0.1, 0.15) is 6.42 Å². The number of hydrogen-bond acceptors (Lipinski definition) is 5. The van der Waals surface area contributed by atoms with Crippen LogP contribution in [0.5, 0.6) is 0 Å². The van der Waals surface area contributed by atoms with Crippen molar-refractivity contribution in [3.05, 3.63) is 24.0 Å². The van der Waals surface area contributed by atoms with Gasteiger partial charge in [0.05, 0.1) is 17.6 Å². The fourth-order valence-corrected chi connectivity index (χ4v) is 3.09. The predicted molar refractivity (Wildman–Crippen MR) is 71.7 cm³/mol. The molecule has 6 nitrogen and oxygen atoms in total. The summed E-state index contributed by atoms with van der Waals surface area (Å²) < 4.78 is 44.0. The van der Waals surface area contributed by atoms with Crippen LogP contribution in [0.3, 0.4) is 0 Å². The van der Waals surface area contributed by atoms with Gasteiger partial charge in [0.15, 0.2) is 0 Å². The SMILES string of the molecule is COCCN(CCC#N)S(=O)(=O)c1cc(N)cc(F)c1. The summed E-state index contributed by atoms with van der Waals surface area (Å²) in [6.45, 7) is 0.269. The van der Waals surface area contributed by atoms with Crippen LogP contribution in [-0.4, -0.2) is 39.5 Å². The Kier molecular flexibility index (Phi) is 5.88. The molecule has 0 spiro atoms. The topological polar surface area (TPSA) is 96.4 Å². The number of ether oxygens (including phenoxy) is 1. The van der Waals surface area contributed by atoms with E-state index >= 15 is 0 Å². The second kappa shape index (κ2) is 7.19. The summed E-state index contributed by atoms with van der Waals surface area (Å²) in [5.74, 6) is -0.726. The summed E-state index contributed by atoms with van der Waals surface area (Å²) in [6, 6.07) is 5.00. The van der Waals surface area contributed by atoms with Crippen LogP contribution in [-0.2, 0) is 14.8 Å². The van der Waals surface area contributed by atoms with Gasteiger partial charge >= 0.3 is 0 Å². The van der Waals surface area contributed by atoms with Crippen LogP contribution in [0.25, 0.3) is 0 Å². The molecular formula is C12H16FN3O3S. The largest absolute Gasteiger partial charge is 0.399 e. The van der Waals surface area contributed by atoms with Crippen molar-refractivity contribution >= 4 is 15.7 Å². The molecule has 0 saturated carbocycles. The predicted octanol–water partition coefficient (Wildman–Crippen LogP) is 0.959. The van der Waals surface area contributed by atoms with Crippen molar-refractivity contribution in [2.24, 2.45) is 0 Å². The van der Waals surface area contributed by atoms with E-state index in [1.54, 1.807) is 0 Å². The normalized spacial score (nSPS) is 11.5. The Labute approximate surface area is 117 Å². The molecule has 8 heteroatoms. The van der Waals surface area contributed by atoms with E-state index in [0.29, 0.717) is 0 Å². The average Bonchev–Trinajstić information content (AvgIpc) is 2.37. The number of rotatable bonds is 7. The van der Waals surface area contributed by atoms with Crippen LogP contribution in [0.15, 0.2) is 23.1 Å². The third kappa shape index (κ3) is 4.16. The third-order valence-electron chi connectivity index (χ3n) is 2.55. The summed E-state index contributed by atoms with van der Waals surface area (Å²) in [5, 5.41) is 8.58. The van der Waals surface area contributed by atoms with Crippen molar-refractivity contribution in [1.82, 2.24) is 4.31 Å². The summed E-state index contributed by atoms with van der Waals surface area (Å²) in [4.78, 5) is -0.232. The molecule has 1 rings (SSSR count). The molecule has 0 radical (unpaired) electrons. The van der Waals surface area contributed by atoms with Gasteiger partial charge in [0, 0.05) is 32.3 Å². The lowest BCUT2D eigenvalue weighted by Gasteiger charge is -2.21. The molecule has 0 amide bonds. The number of nitrogens with zero attached hydrogens (tertiary/aromatic N) is 2. The number of methoxy groups -OCH3 is 1. The van der Waals surface area contributed by atoms with Gasteiger partial charge in [0.25, 0.3) is 0 Å². The van der Waals surface area contributed by atoms with Gasteiger partial charge in [-0.3, -0.25) is 0 Å². The lowest BCUT2D eigenvalue weighted by Crippen LogP contribution is -2.34. The zero-order chi connectivity index (χ0) is 15.2. The highest BCUT2D eigenvalue weighted by molar-refractivity contribution is 7.89. The zero-order valence-corrected chi connectivity index (χ0v) is 11.9. The van der Waals surface area contributed by atoms with Gasteiger partial charge in [-0.15, -0.1) is 0 Å². The van der Waals surface area contributed by atoms with Crippen LogP contribution in [0.4, 0.5) is 10.1 Å². The number of nitrogens with two attached hydrogens (primary N) is 1. The Morgan fingerprint density at radius 2 is 2.10 bits per heavy atom. The lowest BCUT2D eigenvalue weighted by atomic mass is 10.3. The molecule has 0 heterocycles. The van der Waals surface area contributed by atoms with E-state index in [1.165, 1.54) is 13.2 Å². The Bertz CT molecular complexity index is 578. The molecule has 2 N–H and O–H groups in total. The second-order valence-electron chi connectivity index (χ2n) is 4.03. The molecular weight excluding hydrogens is 285 g/mol. The highest BCUT2D eigenvalue weighted by Gasteiger charge is 2.24. The van der Waals surface area contributed by atoms with Crippen LogP contribution in [0.2, 0.25) is 0 Å². The summed E-state index contributed by atoms with van der Waals surface area (Å²) >= 11 is 0. The highest BCUT2D eigenvalue weighted by Crippen LogP contribution is 2.20. The fraction of sp³-hybridized carbons (Fsp3) is 0.417. The first-order chi connectivity index (χ1) is 9.41. The first-order valence-electron chi connectivity index (χ1n) is 5.84. The van der Waals surface area contributed by atoms with Gasteiger partial charge in [-0.05, 0) is 18.2 Å². The first-order valence-corrected chi connectivity index (χ1v) is 7.28. The molecule has 0 unspecified atom stereocenters. The minimum absolute atomic E-state index is 0.0125. The number of anilines is 1. The smallest absolute Gasteiger partial charge is 0.243 e. The molecule has 0 atom stereocenters. The molecule has 1 aromatic rings. The Morgan fingerprint density at radius 3 is 2.65 bits per heavy atom. The van der Waals surface area contributed by atoms with E-state index in [-0.39, 0.29) is 36.7 Å². The van der Waals surface area contributed by atoms with E-state index in [1.807, 2.05) is 6.07 Å². The molecule has 1 aromatic carbocycles. The van der Waals surface area contributed by atoms with Gasteiger partial charge in [-0.1, -0.05) is 0 Å². The van der Waals surface area contributed by atoms with Gasteiger partial charge < -0.3 is 10.5 Å². The molecule has 0 aliphatic heterocycles. The van der Waals surface area contributed by atoms with Gasteiger partial charge in [0.2, 0.25) is 10.0 Å². The van der Waals surface area contributed by atoms with E-state index in [9.17, 15) is 12.8 Å². The average molecular weight is 301 g/mol. The molecule has 20 heavy (non-hydrogen) atoms. The standard InChI is InChI=1S/C12H16FN3O3S/c1-19-6-5-16(4-2-3-14)20(17,18)12-8-10(13)7-11(15)9-12/h7-9H,2,4-6,15H2,1H3.